The summed E-state index contributed by atoms with van der Waals surface area (Å²) < 4.78 is 23.4. The van der Waals surface area contributed by atoms with Crippen LogP contribution in [0.4, 0.5) is 21.0 Å². The quantitative estimate of drug-likeness (QED) is 0.138. The van der Waals surface area contributed by atoms with Gasteiger partial charge in [-0.2, -0.15) is 0 Å². The highest BCUT2D eigenvalue weighted by Crippen LogP contribution is 2.34. The van der Waals surface area contributed by atoms with Gasteiger partial charge in [-0.05, 0) is 140 Å². The van der Waals surface area contributed by atoms with Crippen LogP contribution in [-0.4, -0.2) is 60.5 Å². The first kappa shape index (κ1) is 50.5. The fourth-order valence-corrected chi connectivity index (χ4v) is 8.03. The molecule has 6 heterocycles. The third kappa shape index (κ3) is 12.9. The van der Waals surface area contributed by atoms with E-state index in [1.54, 1.807) is 65.0 Å². The molecule has 0 saturated carbocycles. The summed E-state index contributed by atoms with van der Waals surface area (Å²) in [7, 11) is -1.53. The molecule has 0 unspecified atom stereocenters. The Morgan fingerprint density at radius 3 is 1.56 bits per heavy atom. The molecule has 4 aromatic carbocycles. The van der Waals surface area contributed by atoms with E-state index in [1.165, 1.54) is 0 Å². The van der Waals surface area contributed by atoms with Gasteiger partial charge in [0.1, 0.15) is 33.8 Å². The molecule has 364 valence electrons. The summed E-state index contributed by atoms with van der Waals surface area (Å²) >= 11 is 3.53. The number of anilines is 2. The van der Waals surface area contributed by atoms with Crippen LogP contribution in [0.3, 0.4) is 0 Å². The summed E-state index contributed by atoms with van der Waals surface area (Å²) in [6, 6.07) is 38.3. The zero-order valence-corrected chi connectivity index (χ0v) is 42.1. The van der Waals surface area contributed by atoms with Crippen molar-refractivity contribution in [2.75, 3.05) is 9.80 Å². The molecule has 0 bridgehead atoms. The summed E-state index contributed by atoms with van der Waals surface area (Å²) in [6.45, 7) is 11.8. The molecule has 0 radical (unpaired) electrons. The molecule has 2 N–H and O–H groups in total. The van der Waals surface area contributed by atoms with Gasteiger partial charge >= 0.3 is 19.3 Å². The van der Waals surface area contributed by atoms with Crippen molar-refractivity contribution in [1.29, 1.82) is 0 Å². The average molecular weight is 1030 g/mol. The van der Waals surface area contributed by atoms with Crippen LogP contribution >= 0.6 is 15.9 Å². The van der Waals surface area contributed by atoms with Crippen LogP contribution in [0.5, 0.6) is 0 Å². The molecule has 2 amide bonds. The number of hydrogen-bond acceptors (Lipinski definition) is 12. The van der Waals surface area contributed by atoms with Gasteiger partial charge in [0, 0.05) is 68.8 Å². The van der Waals surface area contributed by atoms with Crippen molar-refractivity contribution >= 4 is 95.8 Å². The van der Waals surface area contributed by atoms with Gasteiger partial charge in [-0.3, -0.25) is 29.7 Å². The number of hydrogen-bond donors (Lipinski definition) is 2. The summed E-state index contributed by atoms with van der Waals surface area (Å²) in [6.07, 6.45) is 13.1. The maximum absolute atomic E-state index is 13.1. The minimum Gasteiger partial charge on any atom is -0.465 e. The topological polar surface area (TPSA) is 177 Å². The predicted molar refractivity (Wildman–Crippen MR) is 286 cm³/mol. The molecule has 72 heavy (non-hydrogen) atoms. The van der Waals surface area contributed by atoms with Gasteiger partial charge in [-0.15, -0.1) is 0 Å². The third-order valence-electron chi connectivity index (χ3n) is 10.8. The Balaban J connectivity index is 0.000000160. The van der Waals surface area contributed by atoms with Gasteiger partial charge in [0.05, 0.1) is 36.9 Å². The van der Waals surface area contributed by atoms with Crippen LogP contribution in [0.15, 0.2) is 184 Å². The zero-order valence-electron chi connectivity index (χ0n) is 40.6. The number of halogens is 1. The number of amides is 2. The molecular weight excluding hydrogens is 975 g/mol. The average Bonchev–Trinajstić information content (AvgIpc) is 4.00. The molecule has 10 aromatic rings. The molecule has 0 aliphatic heterocycles. The molecule has 0 atom stereocenters. The van der Waals surface area contributed by atoms with Crippen LogP contribution in [0.25, 0.3) is 54.8 Å². The normalized spacial score (nSPS) is 11.3. The van der Waals surface area contributed by atoms with Crippen molar-refractivity contribution in [2.24, 2.45) is 0 Å². The number of para-hydroxylation sites is 2. The van der Waals surface area contributed by atoms with Gasteiger partial charge < -0.3 is 28.4 Å². The number of carbonyl (C=O) groups excluding carboxylic acids is 2. The molecule has 14 nitrogen and oxygen atoms in total. The van der Waals surface area contributed by atoms with Crippen molar-refractivity contribution in [3.05, 3.63) is 187 Å². The summed E-state index contributed by atoms with van der Waals surface area (Å²) in [5, 5.41) is 23.6. The van der Waals surface area contributed by atoms with Crippen molar-refractivity contribution in [3.63, 3.8) is 0 Å². The maximum Gasteiger partial charge on any atom is 0.526 e. The van der Waals surface area contributed by atoms with E-state index in [1.807, 2.05) is 145 Å². The standard InChI is InChI=1S/C28H25N3O3.C20H20BrN3O2.C8H7BO3/c1-28(2,3)34-27(32)31(22-8-6-12-29-16-22)18-19-10-11-21-15-30-17-24(23(21)13-19)26-14-20-7-4-5-9-25(20)33-26;1-20(2,3)26-19(25)24(16-5-4-8-22-11-16)13-14-6-7-15-10-23-12-18(21)17(15)9-14;10-9(11)8-5-6-3-1-2-4-7(6)12-8/h4-17H,18H2,1-3H3;4-12H,13H2,1-3H3;1-5,10-11H. The molecule has 0 saturated heterocycles. The number of nitrogens with zero attached hydrogens (tertiary/aromatic N) is 6. The second-order valence-corrected chi connectivity index (χ2v) is 19.5. The van der Waals surface area contributed by atoms with E-state index in [0.29, 0.717) is 30.0 Å². The third-order valence-corrected chi connectivity index (χ3v) is 11.4. The molecule has 0 fully saturated rings. The van der Waals surface area contributed by atoms with Crippen molar-refractivity contribution < 1.29 is 37.9 Å². The number of carbonyl (C=O) groups is 2. The lowest BCUT2D eigenvalue weighted by Gasteiger charge is -2.27. The first-order valence-electron chi connectivity index (χ1n) is 23.0. The fraction of sp³-hybridized carbons (Fsp3) is 0.179. The number of benzene rings is 4. The van der Waals surface area contributed by atoms with Crippen molar-refractivity contribution in [2.45, 2.75) is 65.8 Å². The van der Waals surface area contributed by atoms with Gasteiger partial charge in [0.2, 0.25) is 0 Å². The van der Waals surface area contributed by atoms with Crippen molar-refractivity contribution in [1.82, 2.24) is 19.9 Å². The van der Waals surface area contributed by atoms with E-state index in [-0.39, 0.29) is 5.66 Å². The fourth-order valence-electron chi connectivity index (χ4n) is 7.57. The highest BCUT2D eigenvalue weighted by Gasteiger charge is 2.26. The predicted octanol–water partition coefficient (Wildman–Crippen LogP) is 12.4. The van der Waals surface area contributed by atoms with E-state index < -0.39 is 30.5 Å². The van der Waals surface area contributed by atoms with Gasteiger partial charge in [-0.25, -0.2) is 9.59 Å². The molecule has 16 heteroatoms. The molecule has 0 aliphatic rings. The summed E-state index contributed by atoms with van der Waals surface area (Å²) in [5.74, 6) is 0.757. The molecular formula is C56H52BBrN6O8. The van der Waals surface area contributed by atoms with Crippen LogP contribution in [0.1, 0.15) is 52.7 Å². The Hall–Kier alpha value is -7.92. The van der Waals surface area contributed by atoms with Gasteiger partial charge in [0.25, 0.3) is 0 Å². The van der Waals surface area contributed by atoms with Crippen LogP contribution in [-0.2, 0) is 22.6 Å². The van der Waals surface area contributed by atoms with E-state index in [0.717, 1.165) is 64.8 Å². The maximum atomic E-state index is 13.1. The van der Waals surface area contributed by atoms with E-state index in [4.69, 9.17) is 28.4 Å². The second kappa shape index (κ2) is 22.0. The minimum absolute atomic E-state index is 0.177. The van der Waals surface area contributed by atoms with Crippen LogP contribution in [0, 0.1) is 0 Å². The number of aromatic nitrogens is 4. The van der Waals surface area contributed by atoms with Gasteiger partial charge in [-0.1, -0.05) is 60.7 Å². The largest absolute Gasteiger partial charge is 0.526 e. The molecule has 0 spiro atoms. The Morgan fingerprint density at radius 1 is 0.556 bits per heavy atom. The highest BCUT2D eigenvalue weighted by atomic mass is 79.9. The Kier molecular flexibility index (Phi) is 15.4. The van der Waals surface area contributed by atoms with E-state index in [2.05, 4.69) is 48.0 Å². The summed E-state index contributed by atoms with van der Waals surface area (Å²) in [4.78, 5) is 45.9. The van der Waals surface area contributed by atoms with Crippen LogP contribution in [0.2, 0.25) is 0 Å². The first-order valence-corrected chi connectivity index (χ1v) is 23.8. The molecule has 10 rings (SSSR count). The van der Waals surface area contributed by atoms with Crippen molar-refractivity contribution in [3.8, 4) is 11.3 Å². The smallest absolute Gasteiger partial charge is 0.465 e. The zero-order chi connectivity index (χ0) is 51.0. The number of pyridine rings is 4. The number of furan rings is 2. The lowest BCUT2D eigenvalue weighted by molar-refractivity contribution is 0.0566. The summed E-state index contributed by atoms with van der Waals surface area (Å²) in [5.41, 5.74) is 4.69. The SMILES string of the molecule is CC(C)(C)OC(=O)N(Cc1ccc2cncc(-c3cc4ccccc4o3)c2c1)c1cccnc1.CC(C)(C)OC(=O)N(Cc1ccc2cncc(Br)c2c1)c1cccnc1.OB(O)c1cc2ccccc2o1. The number of fused-ring (bicyclic) bond motifs is 4. The number of rotatable bonds is 8. The monoisotopic (exact) mass is 1030 g/mol. The Bertz CT molecular complexity index is 3400. The first-order chi connectivity index (χ1) is 34.5. The van der Waals surface area contributed by atoms with E-state index in [9.17, 15) is 9.59 Å². The molecule has 0 aliphatic carbocycles. The Labute approximate surface area is 425 Å². The van der Waals surface area contributed by atoms with E-state index >= 15 is 0 Å². The highest BCUT2D eigenvalue weighted by molar-refractivity contribution is 9.10. The van der Waals surface area contributed by atoms with Gasteiger partial charge in [0.15, 0.2) is 0 Å². The lowest BCUT2D eigenvalue weighted by atomic mass is 9.88. The second-order valence-electron chi connectivity index (χ2n) is 18.7. The van der Waals surface area contributed by atoms with Crippen LogP contribution < -0.4 is 15.5 Å². The minimum atomic E-state index is -1.53. The Morgan fingerprint density at radius 2 is 1.06 bits per heavy atom. The molecule has 6 aromatic heterocycles. The lowest BCUT2D eigenvalue weighted by Crippen LogP contribution is -2.36. The number of ether oxygens (including phenoxy) is 2.